The van der Waals surface area contributed by atoms with Crippen LogP contribution in [0.25, 0.3) is 0 Å². The second kappa shape index (κ2) is 7.81. The number of nitrogens with one attached hydrogen (secondary N) is 1. The van der Waals surface area contributed by atoms with E-state index in [2.05, 4.69) is 51.2 Å². The Morgan fingerprint density at radius 3 is 2.81 bits per heavy atom. The van der Waals surface area contributed by atoms with Gasteiger partial charge in [-0.2, -0.15) is 0 Å². The van der Waals surface area contributed by atoms with E-state index in [1.54, 1.807) is 0 Å². The van der Waals surface area contributed by atoms with Gasteiger partial charge in [-0.3, -0.25) is 0 Å². The molecule has 0 saturated carbocycles. The Morgan fingerprint density at radius 2 is 2.14 bits per heavy atom. The predicted molar refractivity (Wildman–Crippen MR) is 86.8 cm³/mol. The number of benzene rings is 1. The second-order valence-corrected chi connectivity index (χ2v) is 6.59. The fraction of sp³-hybridized carbons (Fsp3) is 0.667. The lowest BCUT2D eigenvalue weighted by Gasteiger charge is -2.16. The molecule has 1 aromatic rings. The van der Waals surface area contributed by atoms with Crippen LogP contribution in [0.15, 0.2) is 18.2 Å². The fourth-order valence-electron chi connectivity index (χ4n) is 2.67. The maximum absolute atomic E-state index is 6.02. The molecule has 1 aliphatic heterocycles. The van der Waals surface area contributed by atoms with Gasteiger partial charge in [0.05, 0.1) is 12.2 Å². The van der Waals surface area contributed by atoms with Crippen molar-refractivity contribution >= 4 is 0 Å². The summed E-state index contributed by atoms with van der Waals surface area (Å²) in [4.78, 5) is 0. The van der Waals surface area contributed by atoms with Gasteiger partial charge in [0.2, 0.25) is 0 Å². The predicted octanol–water partition coefficient (Wildman–Crippen LogP) is 3.69. The first kappa shape index (κ1) is 16.3. The molecule has 1 heterocycles. The van der Waals surface area contributed by atoms with Crippen LogP contribution in [0.3, 0.4) is 0 Å². The smallest absolute Gasteiger partial charge is 0.123 e. The van der Waals surface area contributed by atoms with E-state index in [1.807, 2.05) is 0 Å². The van der Waals surface area contributed by atoms with Crippen LogP contribution in [-0.4, -0.2) is 25.4 Å². The largest absolute Gasteiger partial charge is 0.491 e. The minimum absolute atomic E-state index is 0.248. The monoisotopic (exact) mass is 291 g/mol. The summed E-state index contributed by atoms with van der Waals surface area (Å²) in [6.07, 6.45) is 2.88. The van der Waals surface area contributed by atoms with Gasteiger partial charge < -0.3 is 14.8 Å². The number of hydrogen-bond donors (Lipinski definition) is 1. The van der Waals surface area contributed by atoms with Crippen LogP contribution in [0.1, 0.15) is 44.7 Å². The van der Waals surface area contributed by atoms with Gasteiger partial charge in [-0.05, 0) is 45.2 Å². The molecule has 3 heteroatoms. The zero-order valence-corrected chi connectivity index (χ0v) is 13.8. The Morgan fingerprint density at radius 1 is 1.33 bits per heavy atom. The van der Waals surface area contributed by atoms with Gasteiger partial charge in [-0.1, -0.05) is 31.5 Å². The highest BCUT2D eigenvalue weighted by atomic mass is 16.5. The number of aryl methyl sites for hydroxylation is 1. The Kier molecular flexibility index (Phi) is 6.07. The minimum Gasteiger partial charge on any atom is -0.491 e. The Labute approximate surface area is 129 Å². The SMILES string of the molecule is Cc1ccc(OCC2CCC(C)O2)c(CNCC(C)C)c1. The normalized spacial score (nSPS) is 22.0. The molecule has 1 saturated heterocycles. The van der Waals surface area contributed by atoms with Crippen LogP contribution in [0, 0.1) is 12.8 Å². The molecule has 1 N–H and O–H groups in total. The zero-order valence-electron chi connectivity index (χ0n) is 13.8. The van der Waals surface area contributed by atoms with Gasteiger partial charge >= 0.3 is 0 Å². The van der Waals surface area contributed by atoms with Crippen molar-refractivity contribution in [3.8, 4) is 5.75 Å². The third kappa shape index (κ3) is 5.33. The summed E-state index contributed by atoms with van der Waals surface area (Å²) < 4.78 is 11.8. The first-order valence-electron chi connectivity index (χ1n) is 8.13. The van der Waals surface area contributed by atoms with Crippen molar-refractivity contribution in [1.29, 1.82) is 0 Å². The molecule has 0 amide bonds. The minimum atomic E-state index is 0.248. The summed E-state index contributed by atoms with van der Waals surface area (Å²) in [5.41, 5.74) is 2.51. The Balaban J connectivity index is 1.91. The maximum atomic E-state index is 6.02. The van der Waals surface area contributed by atoms with E-state index in [9.17, 15) is 0 Å². The number of hydrogen-bond acceptors (Lipinski definition) is 3. The van der Waals surface area contributed by atoms with E-state index in [0.29, 0.717) is 18.6 Å². The molecule has 2 rings (SSSR count). The molecule has 2 unspecified atom stereocenters. The van der Waals surface area contributed by atoms with Crippen LogP contribution >= 0.6 is 0 Å². The highest BCUT2D eigenvalue weighted by Crippen LogP contribution is 2.23. The van der Waals surface area contributed by atoms with E-state index < -0.39 is 0 Å². The highest BCUT2D eigenvalue weighted by molar-refractivity contribution is 5.36. The molecule has 0 bridgehead atoms. The van der Waals surface area contributed by atoms with Crippen molar-refractivity contribution in [2.45, 2.75) is 59.3 Å². The van der Waals surface area contributed by atoms with E-state index in [1.165, 1.54) is 11.1 Å². The number of ether oxygens (including phenoxy) is 2. The summed E-state index contributed by atoms with van der Waals surface area (Å²) in [5.74, 6) is 1.65. The Bertz CT molecular complexity index is 445. The molecular formula is C18H29NO2. The summed E-state index contributed by atoms with van der Waals surface area (Å²) in [6.45, 7) is 11.2. The molecule has 21 heavy (non-hydrogen) atoms. The third-order valence-electron chi connectivity index (χ3n) is 3.83. The summed E-state index contributed by atoms with van der Waals surface area (Å²) in [6, 6.07) is 6.40. The van der Waals surface area contributed by atoms with E-state index in [0.717, 1.165) is 31.7 Å². The third-order valence-corrected chi connectivity index (χ3v) is 3.83. The molecule has 2 atom stereocenters. The molecule has 118 valence electrons. The van der Waals surface area contributed by atoms with E-state index >= 15 is 0 Å². The first-order chi connectivity index (χ1) is 10.0. The Hall–Kier alpha value is -1.06. The topological polar surface area (TPSA) is 30.5 Å². The van der Waals surface area contributed by atoms with Gasteiger partial charge in [-0.25, -0.2) is 0 Å². The highest BCUT2D eigenvalue weighted by Gasteiger charge is 2.22. The van der Waals surface area contributed by atoms with Crippen molar-refractivity contribution in [3.05, 3.63) is 29.3 Å². The van der Waals surface area contributed by atoms with Crippen molar-refractivity contribution < 1.29 is 9.47 Å². The maximum Gasteiger partial charge on any atom is 0.123 e. The van der Waals surface area contributed by atoms with Crippen molar-refractivity contribution in [1.82, 2.24) is 5.32 Å². The molecule has 0 aromatic heterocycles. The lowest BCUT2D eigenvalue weighted by Crippen LogP contribution is -2.21. The molecule has 0 spiro atoms. The van der Waals surface area contributed by atoms with Crippen LogP contribution in [0.5, 0.6) is 5.75 Å². The van der Waals surface area contributed by atoms with Crippen LogP contribution in [0.2, 0.25) is 0 Å². The van der Waals surface area contributed by atoms with Crippen molar-refractivity contribution in [3.63, 3.8) is 0 Å². The van der Waals surface area contributed by atoms with E-state index in [4.69, 9.17) is 9.47 Å². The van der Waals surface area contributed by atoms with Gasteiger partial charge in [-0.15, -0.1) is 0 Å². The molecule has 1 aliphatic rings. The average molecular weight is 291 g/mol. The standard InChI is InChI=1S/C18H29NO2/c1-13(2)10-19-11-16-9-14(3)5-8-18(16)20-12-17-7-6-15(4)21-17/h5,8-9,13,15,17,19H,6-7,10-12H2,1-4H3. The zero-order chi connectivity index (χ0) is 15.2. The summed E-state index contributed by atoms with van der Waals surface area (Å²) in [5, 5.41) is 3.49. The van der Waals surface area contributed by atoms with E-state index in [-0.39, 0.29) is 6.10 Å². The average Bonchev–Trinajstić information content (AvgIpc) is 2.83. The van der Waals surface area contributed by atoms with Gasteiger partial charge in [0, 0.05) is 12.1 Å². The van der Waals surface area contributed by atoms with Gasteiger partial charge in [0.15, 0.2) is 0 Å². The lowest BCUT2D eigenvalue weighted by molar-refractivity contribution is 0.0262. The summed E-state index contributed by atoms with van der Waals surface area (Å²) >= 11 is 0. The molecular weight excluding hydrogens is 262 g/mol. The molecule has 0 aliphatic carbocycles. The van der Waals surface area contributed by atoms with Gasteiger partial charge in [0.1, 0.15) is 12.4 Å². The molecule has 3 nitrogen and oxygen atoms in total. The second-order valence-electron chi connectivity index (χ2n) is 6.59. The summed E-state index contributed by atoms with van der Waals surface area (Å²) in [7, 11) is 0. The van der Waals surface area contributed by atoms with Crippen molar-refractivity contribution in [2.75, 3.05) is 13.2 Å². The van der Waals surface area contributed by atoms with Crippen LogP contribution in [0.4, 0.5) is 0 Å². The number of rotatable bonds is 7. The first-order valence-corrected chi connectivity index (χ1v) is 8.13. The molecule has 1 aromatic carbocycles. The molecule has 1 fully saturated rings. The lowest BCUT2D eigenvalue weighted by atomic mass is 10.1. The van der Waals surface area contributed by atoms with Gasteiger partial charge in [0.25, 0.3) is 0 Å². The van der Waals surface area contributed by atoms with Crippen molar-refractivity contribution in [2.24, 2.45) is 5.92 Å². The molecule has 0 radical (unpaired) electrons. The quantitative estimate of drug-likeness (QED) is 0.831. The van der Waals surface area contributed by atoms with Crippen LogP contribution in [-0.2, 0) is 11.3 Å². The van der Waals surface area contributed by atoms with Crippen LogP contribution < -0.4 is 10.1 Å². The fourth-order valence-corrected chi connectivity index (χ4v) is 2.67.